The number of nitrogens with zero attached hydrogens (tertiary/aromatic N) is 2. The SMILES string of the molecule is CCc1c(C(F)(F)F)noc1NC(=O)c1nc(Cl)c(Cl)c(Cl)c1Cl. The highest BCUT2D eigenvalue weighted by Crippen LogP contribution is 2.37. The van der Waals surface area contributed by atoms with E-state index in [0.717, 1.165) is 0 Å². The summed E-state index contributed by atoms with van der Waals surface area (Å²) in [5, 5.41) is 4.07. The van der Waals surface area contributed by atoms with Gasteiger partial charge in [0.25, 0.3) is 5.91 Å². The largest absolute Gasteiger partial charge is 0.437 e. The summed E-state index contributed by atoms with van der Waals surface area (Å²) in [5.74, 6) is -1.46. The fourth-order valence-corrected chi connectivity index (χ4v) is 2.57. The van der Waals surface area contributed by atoms with Crippen LogP contribution in [0, 0.1) is 0 Å². The van der Waals surface area contributed by atoms with E-state index < -0.39 is 29.4 Å². The van der Waals surface area contributed by atoms with Gasteiger partial charge in [-0.15, -0.1) is 0 Å². The minimum absolute atomic E-state index is 0.0861. The quantitative estimate of drug-likeness (QED) is 0.661. The number of anilines is 1. The normalized spacial score (nSPS) is 11.7. The molecule has 2 heterocycles. The van der Waals surface area contributed by atoms with Gasteiger partial charge in [-0.05, 0) is 6.42 Å². The summed E-state index contributed by atoms with van der Waals surface area (Å²) in [5.41, 5.74) is -1.98. The van der Waals surface area contributed by atoms with Crippen LogP contribution in [0.4, 0.5) is 19.1 Å². The van der Waals surface area contributed by atoms with Crippen molar-refractivity contribution in [1.82, 2.24) is 10.1 Å². The van der Waals surface area contributed by atoms with Gasteiger partial charge in [-0.2, -0.15) is 13.2 Å². The van der Waals surface area contributed by atoms with Gasteiger partial charge in [-0.3, -0.25) is 10.1 Å². The fraction of sp³-hybridized carbons (Fsp3) is 0.250. The second kappa shape index (κ2) is 6.95. The molecule has 2 rings (SSSR count). The highest BCUT2D eigenvalue weighted by atomic mass is 35.5. The van der Waals surface area contributed by atoms with Gasteiger partial charge >= 0.3 is 6.18 Å². The first-order valence-corrected chi connectivity index (χ1v) is 7.66. The lowest BCUT2D eigenvalue weighted by Gasteiger charge is -2.08. The predicted molar refractivity (Wildman–Crippen MR) is 83.1 cm³/mol. The zero-order valence-electron chi connectivity index (χ0n) is 11.6. The number of rotatable bonds is 3. The molecule has 0 aliphatic rings. The Kier molecular flexibility index (Phi) is 5.54. The molecule has 0 atom stereocenters. The third-order valence-corrected chi connectivity index (χ3v) is 4.51. The third kappa shape index (κ3) is 3.56. The summed E-state index contributed by atoms with van der Waals surface area (Å²) in [7, 11) is 0. The molecule has 2 aromatic heterocycles. The highest BCUT2D eigenvalue weighted by molar-refractivity contribution is 6.52. The summed E-state index contributed by atoms with van der Waals surface area (Å²) >= 11 is 23.1. The minimum atomic E-state index is -4.72. The summed E-state index contributed by atoms with van der Waals surface area (Å²) in [6.07, 6.45) is -4.81. The molecule has 2 aromatic rings. The van der Waals surface area contributed by atoms with Crippen LogP contribution in [0.2, 0.25) is 20.2 Å². The van der Waals surface area contributed by atoms with Gasteiger partial charge in [-0.1, -0.05) is 58.5 Å². The number of hydrogen-bond donors (Lipinski definition) is 1. The zero-order valence-corrected chi connectivity index (χ0v) is 14.6. The Morgan fingerprint density at radius 1 is 1.17 bits per heavy atom. The van der Waals surface area contributed by atoms with Crippen molar-refractivity contribution in [2.75, 3.05) is 5.32 Å². The summed E-state index contributed by atoms with van der Waals surface area (Å²) in [4.78, 5) is 15.9. The van der Waals surface area contributed by atoms with E-state index in [1.807, 2.05) is 0 Å². The molecule has 0 aromatic carbocycles. The Labute approximate surface area is 153 Å². The smallest absolute Gasteiger partial charge is 0.338 e. The summed E-state index contributed by atoms with van der Waals surface area (Å²) < 4.78 is 43.0. The van der Waals surface area contributed by atoms with Crippen LogP contribution in [0.3, 0.4) is 0 Å². The molecule has 24 heavy (non-hydrogen) atoms. The van der Waals surface area contributed by atoms with E-state index in [4.69, 9.17) is 46.4 Å². The van der Waals surface area contributed by atoms with Crippen LogP contribution in [-0.2, 0) is 12.6 Å². The van der Waals surface area contributed by atoms with Gasteiger partial charge < -0.3 is 4.52 Å². The molecule has 130 valence electrons. The summed E-state index contributed by atoms with van der Waals surface area (Å²) in [6.45, 7) is 1.44. The number of alkyl halides is 3. The molecule has 1 amide bonds. The van der Waals surface area contributed by atoms with Crippen molar-refractivity contribution in [2.45, 2.75) is 19.5 Å². The molecular weight excluding hydrogens is 417 g/mol. The summed E-state index contributed by atoms with van der Waals surface area (Å²) in [6, 6.07) is 0. The van der Waals surface area contributed by atoms with Crippen molar-refractivity contribution in [3.63, 3.8) is 0 Å². The van der Waals surface area contributed by atoms with Crippen LogP contribution in [-0.4, -0.2) is 16.0 Å². The molecule has 1 N–H and O–H groups in total. The fourth-order valence-electron chi connectivity index (χ4n) is 1.76. The van der Waals surface area contributed by atoms with E-state index in [2.05, 4.69) is 20.0 Å². The number of nitrogens with one attached hydrogen (secondary N) is 1. The van der Waals surface area contributed by atoms with Gasteiger partial charge in [0.2, 0.25) is 5.88 Å². The van der Waals surface area contributed by atoms with E-state index in [1.54, 1.807) is 0 Å². The van der Waals surface area contributed by atoms with E-state index in [1.165, 1.54) is 6.92 Å². The Bertz CT molecular complexity index is 808. The predicted octanol–water partition coefficient (Wildman–Crippen LogP) is 5.52. The molecule has 0 aliphatic carbocycles. The topological polar surface area (TPSA) is 68.0 Å². The molecule has 0 bridgehead atoms. The standard InChI is InChI=1S/C12H6Cl4F3N3O2/c1-2-3-8(12(17,18)19)22-24-11(3)21-10(23)7-5(14)4(13)6(15)9(16)20-7/h2H2,1H3,(H,21,23). The molecule has 12 heteroatoms. The van der Waals surface area contributed by atoms with Gasteiger partial charge in [0.1, 0.15) is 5.15 Å². The maximum Gasteiger partial charge on any atom is 0.437 e. The molecule has 0 radical (unpaired) electrons. The molecule has 0 saturated heterocycles. The molecule has 0 unspecified atom stereocenters. The molecular formula is C12H6Cl4F3N3O2. The third-order valence-electron chi connectivity index (χ3n) is 2.84. The van der Waals surface area contributed by atoms with Gasteiger partial charge in [-0.25, -0.2) is 4.98 Å². The van der Waals surface area contributed by atoms with Crippen LogP contribution in [0.15, 0.2) is 4.52 Å². The van der Waals surface area contributed by atoms with Gasteiger partial charge in [0.15, 0.2) is 11.4 Å². The average molecular weight is 423 g/mol. The van der Waals surface area contributed by atoms with Crippen molar-refractivity contribution in [3.05, 3.63) is 37.2 Å². The monoisotopic (exact) mass is 421 g/mol. The second-order valence-electron chi connectivity index (χ2n) is 4.34. The number of pyridine rings is 1. The lowest BCUT2D eigenvalue weighted by atomic mass is 10.1. The van der Waals surface area contributed by atoms with E-state index in [9.17, 15) is 18.0 Å². The van der Waals surface area contributed by atoms with E-state index in [-0.39, 0.29) is 32.2 Å². The number of carbonyl (C=O) groups is 1. The van der Waals surface area contributed by atoms with Crippen molar-refractivity contribution >= 4 is 58.2 Å². The van der Waals surface area contributed by atoms with E-state index >= 15 is 0 Å². The molecule has 0 saturated carbocycles. The van der Waals surface area contributed by atoms with Crippen molar-refractivity contribution < 1.29 is 22.5 Å². The van der Waals surface area contributed by atoms with Crippen LogP contribution < -0.4 is 5.32 Å². The zero-order chi connectivity index (χ0) is 18.2. The number of amides is 1. The first-order valence-electron chi connectivity index (χ1n) is 6.15. The minimum Gasteiger partial charge on any atom is -0.338 e. The Balaban J connectivity index is 2.40. The Morgan fingerprint density at radius 3 is 2.33 bits per heavy atom. The number of carbonyl (C=O) groups excluding carboxylic acids is 1. The Morgan fingerprint density at radius 2 is 1.79 bits per heavy atom. The highest BCUT2D eigenvalue weighted by Gasteiger charge is 2.39. The van der Waals surface area contributed by atoms with Crippen LogP contribution in [0.25, 0.3) is 0 Å². The first kappa shape index (κ1) is 19.1. The average Bonchev–Trinajstić information content (AvgIpc) is 2.91. The Hall–Kier alpha value is -1.22. The van der Waals surface area contributed by atoms with Crippen molar-refractivity contribution in [3.8, 4) is 0 Å². The number of hydrogen-bond acceptors (Lipinski definition) is 4. The second-order valence-corrected chi connectivity index (χ2v) is 5.83. The van der Waals surface area contributed by atoms with Gasteiger partial charge in [0.05, 0.1) is 15.1 Å². The van der Waals surface area contributed by atoms with E-state index in [0.29, 0.717) is 0 Å². The molecule has 0 spiro atoms. The van der Waals surface area contributed by atoms with Crippen LogP contribution >= 0.6 is 46.4 Å². The molecule has 5 nitrogen and oxygen atoms in total. The number of halogens is 7. The van der Waals surface area contributed by atoms with Crippen LogP contribution in [0.1, 0.15) is 28.7 Å². The molecule has 0 aliphatic heterocycles. The van der Waals surface area contributed by atoms with Crippen molar-refractivity contribution in [2.24, 2.45) is 0 Å². The molecule has 0 fully saturated rings. The lowest BCUT2D eigenvalue weighted by molar-refractivity contribution is -0.143. The van der Waals surface area contributed by atoms with Crippen molar-refractivity contribution in [1.29, 1.82) is 0 Å². The lowest BCUT2D eigenvalue weighted by Crippen LogP contribution is -2.16. The maximum absolute atomic E-state index is 12.8. The maximum atomic E-state index is 12.8. The number of aromatic nitrogens is 2. The van der Waals surface area contributed by atoms with Gasteiger partial charge in [0, 0.05) is 5.56 Å². The van der Waals surface area contributed by atoms with Crippen LogP contribution in [0.5, 0.6) is 0 Å². The first-order chi connectivity index (χ1) is 11.1.